The van der Waals surface area contributed by atoms with Gasteiger partial charge in [0.1, 0.15) is 0 Å². The molecule has 0 spiro atoms. The Kier molecular flexibility index (Phi) is 6.75. The third-order valence-corrected chi connectivity index (χ3v) is 4.14. The van der Waals surface area contributed by atoms with Crippen LogP contribution in [0.1, 0.15) is 56.7 Å². The van der Waals surface area contributed by atoms with Crippen LogP contribution >= 0.6 is 11.3 Å². The Bertz CT molecular complexity index is 309. The second-order valence-corrected chi connectivity index (χ2v) is 6.04. The molecule has 3 heteroatoms. The zero-order valence-electron chi connectivity index (χ0n) is 11.4. The van der Waals surface area contributed by atoms with E-state index in [-0.39, 0.29) is 6.04 Å². The average Bonchev–Trinajstić information content (AvgIpc) is 2.69. The average molecular weight is 254 g/mol. The van der Waals surface area contributed by atoms with E-state index >= 15 is 0 Å². The molecule has 0 saturated carbocycles. The molecular weight excluding hydrogens is 228 g/mol. The maximum atomic E-state index is 6.23. The Balaban J connectivity index is 2.34. The van der Waals surface area contributed by atoms with E-state index in [0.717, 1.165) is 23.8 Å². The number of rotatable bonds is 8. The largest absolute Gasteiger partial charge is 0.327 e. The molecule has 1 aromatic rings. The molecule has 1 heterocycles. The third kappa shape index (κ3) is 5.64. The topological polar surface area (TPSA) is 38.9 Å². The summed E-state index contributed by atoms with van der Waals surface area (Å²) in [7, 11) is 0. The smallest absolute Gasteiger partial charge is 0.0897 e. The van der Waals surface area contributed by atoms with Crippen LogP contribution in [0.5, 0.6) is 0 Å². The molecule has 0 aliphatic heterocycles. The molecule has 0 aliphatic rings. The van der Waals surface area contributed by atoms with Crippen LogP contribution in [0.15, 0.2) is 5.38 Å². The quantitative estimate of drug-likeness (QED) is 0.763. The molecular formula is C14H26N2S. The lowest BCUT2D eigenvalue weighted by Crippen LogP contribution is -2.26. The molecule has 1 aromatic heterocycles. The zero-order valence-corrected chi connectivity index (χ0v) is 12.2. The van der Waals surface area contributed by atoms with Crippen molar-refractivity contribution in [2.45, 2.75) is 65.3 Å². The SMILES string of the molecule is CCCCC(CC)CC(N)Cc1csc(C)n1. The first-order chi connectivity index (χ1) is 8.15. The van der Waals surface area contributed by atoms with Crippen molar-refractivity contribution in [3.63, 3.8) is 0 Å². The molecule has 1 rings (SSSR count). The fraction of sp³-hybridized carbons (Fsp3) is 0.786. The lowest BCUT2D eigenvalue weighted by Gasteiger charge is -2.18. The number of thiazole rings is 1. The van der Waals surface area contributed by atoms with Gasteiger partial charge in [0.05, 0.1) is 10.7 Å². The highest BCUT2D eigenvalue weighted by molar-refractivity contribution is 7.09. The van der Waals surface area contributed by atoms with Crippen molar-refractivity contribution < 1.29 is 0 Å². The van der Waals surface area contributed by atoms with Gasteiger partial charge < -0.3 is 5.73 Å². The molecule has 2 nitrogen and oxygen atoms in total. The standard InChI is InChI=1S/C14H26N2S/c1-4-6-7-12(5-2)8-13(15)9-14-10-17-11(3)16-14/h10,12-13H,4-9,15H2,1-3H3. The summed E-state index contributed by atoms with van der Waals surface area (Å²) >= 11 is 1.72. The van der Waals surface area contributed by atoms with Crippen LogP contribution in [-0.4, -0.2) is 11.0 Å². The first kappa shape index (κ1) is 14.7. The van der Waals surface area contributed by atoms with Gasteiger partial charge in [0.15, 0.2) is 0 Å². The lowest BCUT2D eigenvalue weighted by molar-refractivity contribution is 0.382. The van der Waals surface area contributed by atoms with Gasteiger partial charge in [0, 0.05) is 17.8 Å². The van der Waals surface area contributed by atoms with Gasteiger partial charge in [-0.05, 0) is 19.3 Å². The number of aryl methyl sites for hydroxylation is 1. The maximum absolute atomic E-state index is 6.23. The number of hydrogen-bond donors (Lipinski definition) is 1. The van der Waals surface area contributed by atoms with Gasteiger partial charge >= 0.3 is 0 Å². The molecule has 0 saturated heterocycles. The molecule has 0 fully saturated rings. The van der Waals surface area contributed by atoms with Crippen LogP contribution in [0.2, 0.25) is 0 Å². The molecule has 0 aromatic carbocycles. The number of hydrogen-bond acceptors (Lipinski definition) is 3. The number of unbranched alkanes of at least 4 members (excludes halogenated alkanes) is 1. The predicted molar refractivity (Wildman–Crippen MR) is 76.5 cm³/mol. The van der Waals surface area contributed by atoms with E-state index in [4.69, 9.17) is 5.73 Å². The van der Waals surface area contributed by atoms with Crippen molar-refractivity contribution in [2.75, 3.05) is 0 Å². The molecule has 0 amide bonds. The van der Waals surface area contributed by atoms with Gasteiger partial charge in [-0.15, -0.1) is 11.3 Å². The van der Waals surface area contributed by atoms with Crippen molar-refractivity contribution >= 4 is 11.3 Å². The van der Waals surface area contributed by atoms with E-state index in [1.54, 1.807) is 11.3 Å². The minimum Gasteiger partial charge on any atom is -0.327 e. The number of nitrogens with zero attached hydrogens (tertiary/aromatic N) is 1. The fourth-order valence-electron chi connectivity index (χ4n) is 2.26. The Hall–Kier alpha value is -0.410. The van der Waals surface area contributed by atoms with E-state index in [0.29, 0.717) is 0 Å². The van der Waals surface area contributed by atoms with E-state index in [1.165, 1.54) is 31.4 Å². The van der Waals surface area contributed by atoms with Gasteiger partial charge in [-0.3, -0.25) is 0 Å². The van der Waals surface area contributed by atoms with Gasteiger partial charge in [0.25, 0.3) is 0 Å². The lowest BCUT2D eigenvalue weighted by atomic mass is 9.91. The van der Waals surface area contributed by atoms with Crippen LogP contribution in [0.4, 0.5) is 0 Å². The van der Waals surface area contributed by atoms with Crippen molar-refractivity contribution in [1.82, 2.24) is 4.98 Å². The molecule has 2 atom stereocenters. The second kappa shape index (κ2) is 7.83. The normalized spacial score (nSPS) is 14.8. The minimum atomic E-state index is 0.276. The number of aromatic nitrogens is 1. The summed E-state index contributed by atoms with van der Waals surface area (Å²) < 4.78 is 0. The molecule has 0 aliphatic carbocycles. The molecule has 2 N–H and O–H groups in total. The van der Waals surface area contributed by atoms with Gasteiger partial charge in [0.2, 0.25) is 0 Å². The van der Waals surface area contributed by atoms with Crippen LogP contribution in [0.25, 0.3) is 0 Å². The first-order valence-electron chi connectivity index (χ1n) is 6.82. The summed E-state index contributed by atoms with van der Waals surface area (Å²) in [6.45, 7) is 6.58. The summed E-state index contributed by atoms with van der Waals surface area (Å²) in [5, 5.41) is 3.28. The molecule has 17 heavy (non-hydrogen) atoms. The van der Waals surface area contributed by atoms with E-state index in [1.807, 2.05) is 0 Å². The highest BCUT2D eigenvalue weighted by atomic mass is 32.1. The van der Waals surface area contributed by atoms with Crippen molar-refractivity contribution in [1.29, 1.82) is 0 Å². The summed E-state index contributed by atoms with van der Waals surface area (Å²) in [6.07, 6.45) is 7.29. The minimum absolute atomic E-state index is 0.276. The molecule has 0 radical (unpaired) electrons. The van der Waals surface area contributed by atoms with Crippen molar-refractivity contribution in [2.24, 2.45) is 11.7 Å². The number of nitrogens with two attached hydrogens (primary N) is 1. The van der Waals surface area contributed by atoms with Gasteiger partial charge in [-0.25, -0.2) is 4.98 Å². The first-order valence-corrected chi connectivity index (χ1v) is 7.70. The van der Waals surface area contributed by atoms with E-state index < -0.39 is 0 Å². The van der Waals surface area contributed by atoms with E-state index in [9.17, 15) is 0 Å². The molecule has 2 unspecified atom stereocenters. The maximum Gasteiger partial charge on any atom is 0.0897 e. The second-order valence-electron chi connectivity index (χ2n) is 4.97. The summed E-state index contributed by atoms with van der Waals surface area (Å²) in [6, 6.07) is 0.276. The third-order valence-electron chi connectivity index (χ3n) is 3.32. The zero-order chi connectivity index (χ0) is 12.7. The Morgan fingerprint density at radius 1 is 1.41 bits per heavy atom. The monoisotopic (exact) mass is 254 g/mol. The molecule has 98 valence electrons. The van der Waals surface area contributed by atoms with Gasteiger partial charge in [-0.1, -0.05) is 39.5 Å². The van der Waals surface area contributed by atoms with E-state index in [2.05, 4.69) is 31.1 Å². The Morgan fingerprint density at radius 2 is 2.18 bits per heavy atom. The van der Waals surface area contributed by atoms with Crippen molar-refractivity contribution in [3.8, 4) is 0 Å². The van der Waals surface area contributed by atoms with Crippen LogP contribution in [0, 0.1) is 12.8 Å². The van der Waals surface area contributed by atoms with Crippen molar-refractivity contribution in [3.05, 3.63) is 16.1 Å². The highest BCUT2D eigenvalue weighted by Gasteiger charge is 2.13. The highest BCUT2D eigenvalue weighted by Crippen LogP contribution is 2.19. The fourth-order valence-corrected chi connectivity index (χ4v) is 2.89. The Labute approximate surface area is 110 Å². The molecule has 0 bridgehead atoms. The Morgan fingerprint density at radius 3 is 2.71 bits per heavy atom. The van der Waals surface area contributed by atoms with Crippen LogP contribution in [-0.2, 0) is 6.42 Å². The van der Waals surface area contributed by atoms with Gasteiger partial charge in [-0.2, -0.15) is 0 Å². The summed E-state index contributed by atoms with van der Waals surface area (Å²) in [4.78, 5) is 4.48. The summed E-state index contributed by atoms with van der Waals surface area (Å²) in [5.41, 5.74) is 7.40. The predicted octanol–water partition coefficient (Wildman–Crippen LogP) is 3.93. The van der Waals surface area contributed by atoms with Crippen LogP contribution < -0.4 is 5.73 Å². The summed E-state index contributed by atoms with van der Waals surface area (Å²) in [5.74, 6) is 0.796. The van der Waals surface area contributed by atoms with Crippen LogP contribution in [0.3, 0.4) is 0 Å².